The lowest BCUT2D eigenvalue weighted by atomic mass is 10.0. The second kappa shape index (κ2) is 2.33. The molecule has 1 saturated heterocycles. The molecule has 1 aliphatic carbocycles. The zero-order valence-corrected chi connectivity index (χ0v) is 6.99. The van der Waals surface area contributed by atoms with Crippen molar-refractivity contribution in [1.29, 1.82) is 0 Å². The van der Waals surface area contributed by atoms with Crippen molar-refractivity contribution in [3.8, 4) is 0 Å². The van der Waals surface area contributed by atoms with Crippen LogP contribution >= 0.6 is 0 Å². The first-order valence-electron chi connectivity index (χ1n) is 4.65. The van der Waals surface area contributed by atoms with Gasteiger partial charge in [-0.05, 0) is 29.9 Å². The molecule has 3 rings (SSSR count). The fourth-order valence-corrected chi connectivity index (χ4v) is 1.80. The maximum atomic E-state index is 5.31. The van der Waals surface area contributed by atoms with Crippen molar-refractivity contribution in [2.75, 3.05) is 6.61 Å². The molecule has 1 atom stereocenters. The third-order valence-electron chi connectivity index (χ3n) is 2.69. The molecule has 1 heteroatoms. The second-order valence-electron chi connectivity index (χ2n) is 3.73. The van der Waals surface area contributed by atoms with Crippen molar-refractivity contribution >= 4 is 0 Å². The van der Waals surface area contributed by atoms with Crippen LogP contribution in [0.15, 0.2) is 24.3 Å². The van der Waals surface area contributed by atoms with Crippen molar-refractivity contribution in [2.45, 2.75) is 24.9 Å². The Hall–Kier alpha value is -0.820. The molecule has 1 nitrogen and oxygen atoms in total. The lowest BCUT2D eigenvalue weighted by molar-refractivity contribution is 0.414. The molecule has 1 unspecified atom stereocenters. The number of ether oxygens (including phenoxy) is 1. The zero-order chi connectivity index (χ0) is 7.97. The van der Waals surface area contributed by atoms with Crippen molar-refractivity contribution in [3.05, 3.63) is 35.4 Å². The van der Waals surface area contributed by atoms with Gasteiger partial charge in [-0.25, -0.2) is 0 Å². The Kier molecular flexibility index (Phi) is 1.30. The van der Waals surface area contributed by atoms with Gasteiger partial charge in [0.05, 0.1) is 6.61 Å². The zero-order valence-electron chi connectivity index (χ0n) is 6.99. The molecule has 12 heavy (non-hydrogen) atoms. The van der Waals surface area contributed by atoms with Crippen LogP contribution in [0, 0.1) is 0 Å². The van der Waals surface area contributed by atoms with Crippen LogP contribution in [0.25, 0.3) is 0 Å². The predicted molar refractivity (Wildman–Crippen MR) is 47.1 cm³/mol. The Labute approximate surface area is 72.4 Å². The van der Waals surface area contributed by atoms with Crippen molar-refractivity contribution < 1.29 is 4.74 Å². The summed E-state index contributed by atoms with van der Waals surface area (Å²) in [4.78, 5) is 0. The van der Waals surface area contributed by atoms with Gasteiger partial charge in [0.25, 0.3) is 0 Å². The van der Waals surface area contributed by atoms with Gasteiger partial charge in [-0.2, -0.15) is 0 Å². The molecule has 1 aromatic carbocycles. The molecule has 2 aliphatic rings. The minimum absolute atomic E-state index is 0.432. The van der Waals surface area contributed by atoms with Gasteiger partial charge in [-0.3, -0.25) is 0 Å². The standard InChI is InChI=1S/C11H12O/c1-2-4-10(11-7-12-11)9(3-1)8-5-6-8/h1-4,8,11H,5-7H2. The number of hydrogen-bond acceptors (Lipinski definition) is 1. The summed E-state index contributed by atoms with van der Waals surface area (Å²) in [6.07, 6.45) is 3.19. The van der Waals surface area contributed by atoms with Crippen LogP contribution in [0.1, 0.15) is 36.0 Å². The smallest absolute Gasteiger partial charge is 0.106 e. The quantitative estimate of drug-likeness (QED) is 0.606. The summed E-state index contributed by atoms with van der Waals surface area (Å²) in [6.45, 7) is 0.934. The average molecular weight is 160 g/mol. The molecular weight excluding hydrogens is 148 g/mol. The van der Waals surface area contributed by atoms with Gasteiger partial charge in [-0.1, -0.05) is 24.3 Å². The van der Waals surface area contributed by atoms with Gasteiger partial charge in [0.2, 0.25) is 0 Å². The Bertz CT molecular complexity index is 267. The summed E-state index contributed by atoms with van der Waals surface area (Å²) < 4.78 is 5.31. The number of benzene rings is 1. The molecular formula is C11H12O. The highest BCUT2D eigenvalue weighted by atomic mass is 16.6. The first kappa shape index (κ1) is 6.67. The molecule has 1 aromatic rings. The van der Waals surface area contributed by atoms with E-state index >= 15 is 0 Å². The van der Waals surface area contributed by atoms with Crippen LogP contribution in [0.3, 0.4) is 0 Å². The minimum atomic E-state index is 0.432. The molecule has 1 aliphatic heterocycles. The van der Waals surface area contributed by atoms with Crippen LogP contribution < -0.4 is 0 Å². The summed E-state index contributed by atoms with van der Waals surface area (Å²) in [7, 11) is 0. The second-order valence-corrected chi connectivity index (χ2v) is 3.73. The van der Waals surface area contributed by atoms with E-state index in [1.807, 2.05) is 0 Å². The van der Waals surface area contributed by atoms with E-state index in [0.29, 0.717) is 6.10 Å². The molecule has 1 heterocycles. The molecule has 0 N–H and O–H groups in total. The topological polar surface area (TPSA) is 12.5 Å². The summed E-state index contributed by atoms with van der Waals surface area (Å²) in [5, 5.41) is 0. The molecule has 62 valence electrons. The normalized spacial score (nSPS) is 27.2. The van der Waals surface area contributed by atoms with Gasteiger partial charge in [0.1, 0.15) is 6.10 Å². The highest BCUT2D eigenvalue weighted by Crippen LogP contribution is 2.45. The van der Waals surface area contributed by atoms with Crippen LogP contribution in [-0.4, -0.2) is 6.61 Å². The van der Waals surface area contributed by atoms with E-state index in [1.165, 1.54) is 18.4 Å². The van der Waals surface area contributed by atoms with Gasteiger partial charge in [-0.15, -0.1) is 0 Å². The first-order valence-corrected chi connectivity index (χ1v) is 4.65. The fraction of sp³-hybridized carbons (Fsp3) is 0.455. The maximum Gasteiger partial charge on any atom is 0.106 e. The summed E-state index contributed by atoms with van der Waals surface area (Å²) in [5.74, 6) is 0.852. The SMILES string of the molecule is c1ccc(C2CO2)c(C2CC2)c1. The maximum absolute atomic E-state index is 5.31. The van der Waals surface area contributed by atoms with Crippen LogP contribution in [-0.2, 0) is 4.74 Å². The summed E-state index contributed by atoms with van der Waals surface area (Å²) >= 11 is 0. The Morgan fingerprint density at radius 1 is 1.08 bits per heavy atom. The molecule has 0 aromatic heterocycles. The van der Waals surface area contributed by atoms with E-state index in [2.05, 4.69) is 24.3 Å². The Balaban J connectivity index is 2.02. The van der Waals surface area contributed by atoms with Crippen LogP contribution in [0.5, 0.6) is 0 Å². The highest BCUT2D eigenvalue weighted by molar-refractivity contribution is 5.36. The molecule has 0 amide bonds. The number of rotatable bonds is 2. The summed E-state index contributed by atoms with van der Waals surface area (Å²) in [6, 6.07) is 8.72. The lowest BCUT2D eigenvalue weighted by Crippen LogP contribution is -1.89. The van der Waals surface area contributed by atoms with Crippen molar-refractivity contribution in [3.63, 3.8) is 0 Å². The van der Waals surface area contributed by atoms with Gasteiger partial charge < -0.3 is 4.74 Å². The fourth-order valence-electron chi connectivity index (χ4n) is 1.80. The monoisotopic (exact) mass is 160 g/mol. The van der Waals surface area contributed by atoms with Crippen molar-refractivity contribution in [1.82, 2.24) is 0 Å². The van der Waals surface area contributed by atoms with Gasteiger partial charge in [0.15, 0.2) is 0 Å². The third kappa shape index (κ3) is 1.05. The molecule has 0 radical (unpaired) electrons. The van der Waals surface area contributed by atoms with E-state index in [0.717, 1.165) is 12.5 Å². The summed E-state index contributed by atoms with van der Waals surface area (Å²) in [5.41, 5.74) is 2.99. The number of hydrogen-bond donors (Lipinski definition) is 0. The predicted octanol–water partition coefficient (Wildman–Crippen LogP) is 2.64. The minimum Gasteiger partial charge on any atom is -0.368 e. The molecule has 2 fully saturated rings. The van der Waals surface area contributed by atoms with Crippen LogP contribution in [0.2, 0.25) is 0 Å². The Morgan fingerprint density at radius 2 is 1.75 bits per heavy atom. The molecule has 1 saturated carbocycles. The first-order chi connectivity index (χ1) is 5.95. The van der Waals surface area contributed by atoms with Gasteiger partial charge >= 0.3 is 0 Å². The van der Waals surface area contributed by atoms with E-state index in [9.17, 15) is 0 Å². The Morgan fingerprint density at radius 3 is 2.33 bits per heavy atom. The van der Waals surface area contributed by atoms with Crippen LogP contribution in [0.4, 0.5) is 0 Å². The van der Waals surface area contributed by atoms with E-state index in [-0.39, 0.29) is 0 Å². The largest absolute Gasteiger partial charge is 0.368 e. The lowest BCUT2D eigenvalue weighted by Gasteiger charge is -2.04. The molecule has 0 spiro atoms. The molecule has 0 bridgehead atoms. The highest BCUT2D eigenvalue weighted by Gasteiger charge is 2.32. The van der Waals surface area contributed by atoms with E-state index < -0.39 is 0 Å². The van der Waals surface area contributed by atoms with Gasteiger partial charge in [0, 0.05) is 0 Å². The van der Waals surface area contributed by atoms with Crippen molar-refractivity contribution in [2.24, 2.45) is 0 Å². The van der Waals surface area contributed by atoms with E-state index in [1.54, 1.807) is 5.56 Å². The number of epoxide rings is 1. The van der Waals surface area contributed by atoms with E-state index in [4.69, 9.17) is 4.74 Å². The third-order valence-corrected chi connectivity index (χ3v) is 2.69. The average Bonchev–Trinajstić information content (AvgIpc) is 2.99.